The number of halogens is 1. The van der Waals surface area contributed by atoms with Gasteiger partial charge >= 0.3 is 0 Å². The summed E-state index contributed by atoms with van der Waals surface area (Å²) >= 11 is 0. The van der Waals surface area contributed by atoms with Crippen molar-refractivity contribution in [2.75, 3.05) is 18.0 Å². The Kier molecular flexibility index (Phi) is 9.57. The van der Waals surface area contributed by atoms with Gasteiger partial charge in [0.1, 0.15) is 24.2 Å². The second-order valence-corrected chi connectivity index (χ2v) is 12.5. The van der Waals surface area contributed by atoms with E-state index in [1.165, 1.54) is 36.3 Å². The monoisotopic (exact) mass is 569 g/mol. The normalized spacial score (nSPS) is 12.4. The summed E-state index contributed by atoms with van der Waals surface area (Å²) in [5.41, 5.74) is 1.12. The van der Waals surface area contributed by atoms with Gasteiger partial charge in [-0.25, -0.2) is 12.8 Å². The molecule has 0 radical (unpaired) electrons. The van der Waals surface area contributed by atoms with Gasteiger partial charge in [0.15, 0.2) is 0 Å². The first kappa shape index (κ1) is 30.6. The van der Waals surface area contributed by atoms with E-state index in [1.807, 2.05) is 27.7 Å². The van der Waals surface area contributed by atoms with Crippen molar-refractivity contribution in [2.24, 2.45) is 0 Å². The van der Waals surface area contributed by atoms with Crippen molar-refractivity contribution in [1.82, 2.24) is 10.2 Å². The lowest BCUT2D eigenvalue weighted by molar-refractivity contribution is -0.140. The lowest BCUT2D eigenvalue weighted by Gasteiger charge is -2.33. The predicted octanol–water partition coefficient (Wildman–Crippen LogP) is 4.67. The van der Waals surface area contributed by atoms with E-state index < -0.39 is 45.8 Å². The van der Waals surface area contributed by atoms with Crippen LogP contribution in [0.25, 0.3) is 0 Å². The van der Waals surface area contributed by atoms with E-state index in [0.717, 1.165) is 22.0 Å². The Morgan fingerprint density at radius 1 is 1.00 bits per heavy atom. The van der Waals surface area contributed by atoms with Crippen LogP contribution in [0, 0.1) is 12.7 Å². The standard InChI is InChI=1S/C30H36FN3O5S/c1-21-10-16-27(17-11-21)40(37,38)34(25-14-12-24(31)13-15-25)20-28(35)33(22(2)29(36)32-30(3,4)5)19-23-8-7-9-26(18-23)39-6/h7-18,22H,19-20H2,1-6H3,(H,32,36). The lowest BCUT2D eigenvalue weighted by Crippen LogP contribution is -2.54. The number of benzene rings is 3. The first-order chi connectivity index (χ1) is 18.7. The minimum absolute atomic E-state index is 0.0203. The predicted molar refractivity (Wildman–Crippen MR) is 153 cm³/mol. The zero-order valence-corrected chi connectivity index (χ0v) is 24.5. The van der Waals surface area contributed by atoms with Gasteiger partial charge in [-0.05, 0) is 88.7 Å². The van der Waals surface area contributed by atoms with Crippen LogP contribution in [-0.4, -0.2) is 50.4 Å². The van der Waals surface area contributed by atoms with Gasteiger partial charge in [0, 0.05) is 12.1 Å². The molecule has 3 aromatic rings. The fourth-order valence-electron chi connectivity index (χ4n) is 4.00. The third kappa shape index (κ3) is 7.81. The Labute approximate surface area is 235 Å². The maximum atomic E-state index is 13.9. The molecular weight excluding hydrogens is 533 g/mol. The van der Waals surface area contributed by atoms with Gasteiger partial charge in [0.25, 0.3) is 10.0 Å². The summed E-state index contributed by atoms with van der Waals surface area (Å²) in [4.78, 5) is 28.4. The van der Waals surface area contributed by atoms with Crippen molar-refractivity contribution >= 4 is 27.5 Å². The Morgan fingerprint density at radius 2 is 1.62 bits per heavy atom. The lowest BCUT2D eigenvalue weighted by atomic mass is 10.1. The van der Waals surface area contributed by atoms with Crippen molar-refractivity contribution in [3.05, 3.63) is 89.7 Å². The van der Waals surface area contributed by atoms with E-state index in [1.54, 1.807) is 43.3 Å². The largest absolute Gasteiger partial charge is 0.497 e. The van der Waals surface area contributed by atoms with Crippen LogP contribution in [0.4, 0.5) is 10.1 Å². The summed E-state index contributed by atoms with van der Waals surface area (Å²) in [5, 5.41) is 2.88. The average molecular weight is 570 g/mol. The van der Waals surface area contributed by atoms with E-state index in [9.17, 15) is 22.4 Å². The second-order valence-electron chi connectivity index (χ2n) is 10.6. The third-order valence-corrected chi connectivity index (χ3v) is 7.94. The molecule has 8 nitrogen and oxygen atoms in total. The maximum Gasteiger partial charge on any atom is 0.264 e. The van der Waals surface area contributed by atoms with Gasteiger partial charge in [0.05, 0.1) is 17.7 Å². The smallest absolute Gasteiger partial charge is 0.264 e. The van der Waals surface area contributed by atoms with Gasteiger partial charge in [-0.15, -0.1) is 0 Å². The number of hydrogen-bond donors (Lipinski definition) is 1. The Morgan fingerprint density at radius 3 is 2.20 bits per heavy atom. The molecule has 0 aliphatic rings. The summed E-state index contributed by atoms with van der Waals surface area (Å²) < 4.78 is 47.6. The molecule has 1 atom stereocenters. The highest BCUT2D eigenvalue weighted by Crippen LogP contribution is 2.25. The number of nitrogens with one attached hydrogen (secondary N) is 1. The number of nitrogens with zero attached hydrogens (tertiary/aromatic N) is 2. The molecule has 40 heavy (non-hydrogen) atoms. The molecule has 0 spiro atoms. The number of amides is 2. The molecular formula is C30H36FN3O5S. The van der Waals surface area contributed by atoms with Gasteiger partial charge in [-0.3, -0.25) is 13.9 Å². The van der Waals surface area contributed by atoms with E-state index >= 15 is 0 Å². The topological polar surface area (TPSA) is 96.0 Å². The molecule has 2 amide bonds. The van der Waals surface area contributed by atoms with Crippen molar-refractivity contribution in [2.45, 2.75) is 57.6 Å². The van der Waals surface area contributed by atoms with E-state index in [2.05, 4.69) is 5.32 Å². The molecule has 1 N–H and O–H groups in total. The number of carbonyl (C=O) groups is 2. The number of methoxy groups -OCH3 is 1. The van der Waals surface area contributed by atoms with Gasteiger partial charge in [0.2, 0.25) is 11.8 Å². The van der Waals surface area contributed by atoms with Crippen LogP contribution in [0.5, 0.6) is 5.75 Å². The van der Waals surface area contributed by atoms with Crippen LogP contribution in [0.3, 0.4) is 0 Å². The average Bonchev–Trinajstić information content (AvgIpc) is 2.89. The first-order valence-corrected chi connectivity index (χ1v) is 14.2. The fourth-order valence-corrected chi connectivity index (χ4v) is 5.41. The van der Waals surface area contributed by atoms with Crippen molar-refractivity contribution in [1.29, 1.82) is 0 Å². The number of rotatable bonds is 10. The molecule has 0 aromatic heterocycles. The Hall–Kier alpha value is -3.92. The zero-order valence-electron chi connectivity index (χ0n) is 23.6. The quantitative estimate of drug-likeness (QED) is 0.383. The van der Waals surface area contributed by atoms with Crippen LogP contribution in [0.15, 0.2) is 77.7 Å². The summed E-state index contributed by atoms with van der Waals surface area (Å²) in [6.07, 6.45) is 0. The molecule has 1 unspecified atom stereocenters. The van der Waals surface area contributed by atoms with Crippen LogP contribution >= 0.6 is 0 Å². The van der Waals surface area contributed by atoms with Crippen LogP contribution in [-0.2, 0) is 26.2 Å². The summed E-state index contributed by atoms with van der Waals surface area (Å²) in [6, 6.07) is 17.2. The molecule has 10 heteroatoms. The summed E-state index contributed by atoms with van der Waals surface area (Å²) in [5.74, 6) is -0.973. The fraction of sp³-hybridized carbons (Fsp3) is 0.333. The zero-order chi connectivity index (χ0) is 29.7. The van der Waals surface area contributed by atoms with E-state index in [0.29, 0.717) is 11.3 Å². The molecule has 0 aliphatic carbocycles. The highest BCUT2D eigenvalue weighted by atomic mass is 32.2. The number of carbonyl (C=O) groups excluding carboxylic acids is 2. The Balaban J connectivity index is 2.04. The third-order valence-electron chi connectivity index (χ3n) is 6.16. The van der Waals surface area contributed by atoms with Gasteiger partial charge < -0.3 is 15.0 Å². The SMILES string of the molecule is COc1cccc(CN(C(=O)CN(c2ccc(F)cc2)S(=O)(=O)c2ccc(C)cc2)C(C)C(=O)NC(C)(C)C)c1. The highest BCUT2D eigenvalue weighted by Gasteiger charge is 2.33. The van der Waals surface area contributed by atoms with Crippen molar-refractivity contribution in [3.8, 4) is 5.75 Å². The minimum Gasteiger partial charge on any atom is -0.497 e. The van der Waals surface area contributed by atoms with E-state index in [4.69, 9.17) is 4.74 Å². The summed E-state index contributed by atoms with van der Waals surface area (Å²) in [7, 11) is -2.70. The van der Waals surface area contributed by atoms with Gasteiger partial charge in [-0.1, -0.05) is 29.8 Å². The number of aryl methyl sites for hydroxylation is 1. The first-order valence-electron chi connectivity index (χ1n) is 12.8. The number of hydrogen-bond acceptors (Lipinski definition) is 5. The molecule has 0 saturated heterocycles. The van der Waals surface area contributed by atoms with Crippen LogP contribution in [0.1, 0.15) is 38.8 Å². The minimum atomic E-state index is -4.23. The van der Waals surface area contributed by atoms with E-state index in [-0.39, 0.29) is 17.1 Å². The highest BCUT2D eigenvalue weighted by molar-refractivity contribution is 7.92. The number of sulfonamides is 1. The molecule has 214 valence electrons. The second kappa shape index (κ2) is 12.5. The molecule has 0 fully saturated rings. The van der Waals surface area contributed by atoms with Crippen molar-refractivity contribution in [3.63, 3.8) is 0 Å². The molecule has 0 bridgehead atoms. The molecule has 3 aromatic carbocycles. The van der Waals surface area contributed by atoms with Crippen molar-refractivity contribution < 1.29 is 27.1 Å². The molecule has 3 rings (SSSR count). The Bertz CT molecular complexity index is 1440. The molecule has 0 saturated carbocycles. The number of anilines is 1. The number of ether oxygens (including phenoxy) is 1. The maximum absolute atomic E-state index is 13.9. The molecule has 0 heterocycles. The molecule has 0 aliphatic heterocycles. The van der Waals surface area contributed by atoms with Crippen LogP contribution < -0.4 is 14.4 Å². The van der Waals surface area contributed by atoms with Gasteiger partial charge in [-0.2, -0.15) is 0 Å². The summed E-state index contributed by atoms with van der Waals surface area (Å²) in [6.45, 7) is 8.33. The van der Waals surface area contributed by atoms with Crippen LogP contribution in [0.2, 0.25) is 0 Å².